The molecule has 182 valence electrons. The summed E-state index contributed by atoms with van der Waals surface area (Å²) in [5.74, 6) is -2.08. The summed E-state index contributed by atoms with van der Waals surface area (Å²) in [5.41, 5.74) is 2.72. The van der Waals surface area contributed by atoms with Crippen molar-refractivity contribution >= 4 is 29.0 Å². The topological polar surface area (TPSA) is 117 Å². The molecular formula is C24H28FN3O6. The highest BCUT2D eigenvalue weighted by Gasteiger charge is 2.37. The van der Waals surface area contributed by atoms with Gasteiger partial charge in [-0.1, -0.05) is 6.42 Å². The van der Waals surface area contributed by atoms with Crippen LogP contribution >= 0.6 is 0 Å². The molecular weight excluding hydrogens is 445 g/mol. The summed E-state index contributed by atoms with van der Waals surface area (Å²) in [7, 11) is 2.97. The van der Waals surface area contributed by atoms with Gasteiger partial charge in [-0.25, -0.2) is 9.87 Å². The lowest BCUT2D eigenvalue weighted by Crippen LogP contribution is -2.45. The molecule has 0 saturated carbocycles. The molecule has 3 rings (SSSR count). The molecule has 0 aliphatic carbocycles. The molecule has 2 amide bonds. The number of ketones is 1. The maximum Gasteiger partial charge on any atom is 0.243 e. The zero-order chi connectivity index (χ0) is 24.7. The van der Waals surface area contributed by atoms with E-state index in [-0.39, 0.29) is 18.5 Å². The van der Waals surface area contributed by atoms with Crippen LogP contribution in [0.2, 0.25) is 0 Å². The van der Waals surface area contributed by atoms with Crippen molar-refractivity contribution in [1.29, 1.82) is 0 Å². The highest BCUT2D eigenvalue weighted by atomic mass is 19.1. The zero-order valence-electron chi connectivity index (χ0n) is 19.1. The smallest absolute Gasteiger partial charge is 0.243 e. The van der Waals surface area contributed by atoms with Gasteiger partial charge in [-0.05, 0) is 43.2 Å². The molecule has 0 radical (unpaired) electrons. The van der Waals surface area contributed by atoms with Crippen LogP contribution in [0.15, 0.2) is 36.4 Å². The average Bonchev–Trinajstić information content (AvgIpc) is 2.85. The lowest BCUT2D eigenvalue weighted by atomic mass is 9.89. The highest BCUT2D eigenvalue weighted by molar-refractivity contribution is 6.17. The number of fused-ring (bicyclic) bond motifs is 1. The van der Waals surface area contributed by atoms with Gasteiger partial charge >= 0.3 is 0 Å². The molecule has 1 heterocycles. The van der Waals surface area contributed by atoms with Gasteiger partial charge in [-0.15, -0.1) is 0 Å². The first kappa shape index (κ1) is 25.0. The number of nitrogens with one attached hydrogen (secondary N) is 2. The van der Waals surface area contributed by atoms with Gasteiger partial charge in [0, 0.05) is 36.8 Å². The third-order valence-electron chi connectivity index (χ3n) is 5.72. The van der Waals surface area contributed by atoms with E-state index >= 15 is 0 Å². The molecule has 34 heavy (non-hydrogen) atoms. The molecule has 3 N–H and O–H groups in total. The van der Waals surface area contributed by atoms with Gasteiger partial charge in [-0.3, -0.25) is 19.6 Å². The SMILES string of the molecule is COc1ccc(NC(=O)C2CN(CCCCCC(=O)NO)c3ccc(F)cc3C2=O)c(OC)c1. The molecule has 1 unspecified atom stereocenters. The first-order valence-corrected chi connectivity index (χ1v) is 10.9. The molecule has 9 nitrogen and oxygen atoms in total. The van der Waals surface area contributed by atoms with Crippen LogP contribution in [-0.2, 0) is 9.59 Å². The number of nitrogens with zero attached hydrogens (tertiary/aromatic N) is 1. The van der Waals surface area contributed by atoms with Crippen LogP contribution in [0.4, 0.5) is 15.8 Å². The van der Waals surface area contributed by atoms with Crippen molar-refractivity contribution in [2.45, 2.75) is 25.7 Å². The number of Topliss-reactive ketones (excluding diaryl/α,β-unsaturated/α-hetero) is 1. The van der Waals surface area contributed by atoms with Gasteiger partial charge in [0.25, 0.3) is 0 Å². The lowest BCUT2D eigenvalue weighted by Gasteiger charge is -2.34. The Kier molecular flexibility index (Phi) is 8.42. The number of carbonyl (C=O) groups is 3. The fourth-order valence-electron chi connectivity index (χ4n) is 3.93. The number of carbonyl (C=O) groups excluding carboxylic acids is 3. The first-order valence-electron chi connectivity index (χ1n) is 10.9. The standard InChI is InChI=1S/C24H28FN3O6/c1-33-16-8-9-19(21(13-16)34-2)26-24(31)18-14-28(11-5-3-4-6-22(29)27-32)20-10-7-15(25)12-17(20)23(18)30/h7-10,12-13,18,32H,3-6,11,14H2,1-2H3,(H,26,31)(H,27,29). The molecule has 0 bridgehead atoms. The van der Waals surface area contributed by atoms with E-state index in [9.17, 15) is 18.8 Å². The number of unbranched alkanes of at least 4 members (excludes halogenated alkanes) is 2. The minimum atomic E-state index is -1.04. The monoisotopic (exact) mass is 473 g/mol. The third-order valence-corrected chi connectivity index (χ3v) is 5.72. The number of halogens is 1. The van der Waals surface area contributed by atoms with Crippen LogP contribution in [-0.4, -0.2) is 50.1 Å². The Morgan fingerprint density at radius 3 is 2.62 bits per heavy atom. The van der Waals surface area contributed by atoms with Crippen LogP contribution in [0.5, 0.6) is 11.5 Å². The van der Waals surface area contributed by atoms with Gasteiger partial charge < -0.3 is 19.7 Å². The summed E-state index contributed by atoms with van der Waals surface area (Å²) in [4.78, 5) is 39.3. The van der Waals surface area contributed by atoms with E-state index in [1.54, 1.807) is 29.7 Å². The number of rotatable bonds is 10. The van der Waals surface area contributed by atoms with Crippen molar-refractivity contribution in [3.05, 3.63) is 47.8 Å². The molecule has 0 saturated heterocycles. The number of hydrogen-bond acceptors (Lipinski definition) is 7. The Hall–Kier alpha value is -3.66. The van der Waals surface area contributed by atoms with E-state index in [2.05, 4.69) is 5.32 Å². The van der Waals surface area contributed by atoms with Gasteiger partial charge in [0.2, 0.25) is 11.8 Å². The van der Waals surface area contributed by atoms with Crippen LogP contribution in [0.3, 0.4) is 0 Å². The Morgan fingerprint density at radius 2 is 1.91 bits per heavy atom. The molecule has 0 spiro atoms. The van der Waals surface area contributed by atoms with E-state index in [0.29, 0.717) is 48.7 Å². The summed E-state index contributed by atoms with van der Waals surface area (Å²) < 4.78 is 24.4. The molecule has 1 aliphatic rings. The van der Waals surface area contributed by atoms with Gasteiger partial charge in [-0.2, -0.15) is 0 Å². The third kappa shape index (κ3) is 5.82. The summed E-state index contributed by atoms with van der Waals surface area (Å²) in [6.45, 7) is 0.654. The van der Waals surface area contributed by atoms with Crippen LogP contribution in [0.1, 0.15) is 36.0 Å². The quantitative estimate of drug-likeness (QED) is 0.210. The summed E-state index contributed by atoms with van der Waals surface area (Å²) >= 11 is 0. The van der Waals surface area contributed by atoms with Gasteiger partial charge in [0.1, 0.15) is 23.2 Å². The largest absolute Gasteiger partial charge is 0.497 e. The van der Waals surface area contributed by atoms with Crippen molar-refractivity contribution in [3.63, 3.8) is 0 Å². The number of amides is 2. The maximum absolute atomic E-state index is 13.9. The fraction of sp³-hybridized carbons (Fsp3) is 0.375. The highest BCUT2D eigenvalue weighted by Crippen LogP contribution is 2.33. The number of benzene rings is 2. The second kappa shape index (κ2) is 11.5. The average molecular weight is 474 g/mol. The lowest BCUT2D eigenvalue weighted by molar-refractivity contribution is -0.129. The molecule has 0 aromatic heterocycles. The van der Waals surface area contributed by atoms with E-state index in [0.717, 1.165) is 6.07 Å². The minimum absolute atomic E-state index is 0.138. The molecule has 10 heteroatoms. The predicted molar refractivity (Wildman–Crippen MR) is 123 cm³/mol. The Bertz CT molecular complexity index is 1060. The first-order chi connectivity index (χ1) is 16.4. The van der Waals surface area contributed by atoms with E-state index in [1.807, 2.05) is 4.90 Å². The summed E-state index contributed by atoms with van der Waals surface area (Å²) in [6, 6.07) is 8.89. The Labute approximate surface area is 196 Å². The maximum atomic E-state index is 13.9. The summed E-state index contributed by atoms with van der Waals surface area (Å²) in [5, 5.41) is 11.3. The second-order valence-corrected chi connectivity index (χ2v) is 7.93. The van der Waals surface area contributed by atoms with Crippen molar-refractivity contribution in [3.8, 4) is 11.5 Å². The van der Waals surface area contributed by atoms with Gasteiger partial charge in [0.05, 0.1) is 19.9 Å². The number of anilines is 2. The van der Waals surface area contributed by atoms with Crippen molar-refractivity contribution < 1.29 is 33.5 Å². The van der Waals surface area contributed by atoms with Crippen molar-refractivity contribution in [1.82, 2.24) is 5.48 Å². The Morgan fingerprint density at radius 1 is 1.12 bits per heavy atom. The van der Waals surface area contributed by atoms with E-state index < -0.39 is 29.3 Å². The summed E-state index contributed by atoms with van der Waals surface area (Å²) in [6.07, 6.45) is 2.17. The second-order valence-electron chi connectivity index (χ2n) is 7.93. The normalized spacial score (nSPS) is 14.9. The molecule has 0 fully saturated rings. The number of methoxy groups -OCH3 is 2. The molecule has 2 aromatic carbocycles. The van der Waals surface area contributed by atoms with E-state index in [4.69, 9.17) is 14.7 Å². The minimum Gasteiger partial charge on any atom is -0.497 e. The zero-order valence-corrected chi connectivity index (χ0v) is 19.1. The fourth-order valence-corrected chi connectivity index (χ4v) is 3.93. The molecule has 2 aromatic rings. The molecule has 1 atom stereocenters. The van der Waals surface area contributed by atoms with Crippen molar-refractivity contribution in [2.75, 3.05) is 37.5 Å². The van der Waals surface area contributed by atoms with E-state index in [1.165, 1.54) is 20.3 Å². The number of hydrogen-bond donors (Lipinski definition) is 3. The Balaban J connectivity index is 1.75. The van der Waals surface area contributed by atoms with Crippen LogP contribution in [0.25, 0.3) is 0 Å². The number of ether oxygens (including phenoxy) is 2. The van der Waals surface area contributed by atoms with Crippen molar-refractivity contribution in [2.24, 2.45) is 5.92 Å². The van der Waals surface area contributed by atoms with Crippen LogP contribution in [0, 0.1) is 11.7 Å². The molecule has 1 aliphatic heterocycles. The number of hydroxylamine groups is 1. The predicted octanol–water partition coefficient (Wildman–Crippen LogP) is 3.17. The van der Waals surface area contributed by atoms with Gasteiger partial charge in [0.15, 0.2) is 5.78 Å². The van der Waals surface area contributed by atoms with Crippen LogP contribution < -0.4 is 25.2 Å².